The van der Waals surface area contributed by atoms with E-state index in [0.29, 0.717) is 12.1 Å². The zero-order valence-corrected chi connectivity index (χ0v) is 12.3. The van der Waals surface area contributed by atoms with Crippen LogP contribution in [0, 0.1) is 5.92 Å². The van der Waals surface area contributed by atoms with E-state index in [0.717, 1.165) is 12.5 Å². The number of rotatable bonds is 3. The van der Waals surface area contributed by atoms with E-state index in [9.17, 15) is 0 Å². The first kappa shape index (κ1) is 13.7. The van der Waals surface area contributed by atoms with Gasteiger partial charge in [-0.25, -0.2) is 0 Å². The van der Waals surface area contributed by atoms with E-state index in [1.54, 1.807) is 0 Å². The maximum absolute atomic E-state index is 6.13. The van der Waals surface area contributed by atoms with Crippen molar-refractivity contribution in [3.63, 3.8) is 0 Å². The zero-order valence-electron chi connectivity index (χ0n) is 11.5. The lowest BCUT2D eigenvalue weighted by Gasteiger charge is -2.44. The highest BCUT2D eigenvalue weighted by Crippen LogP contribution is 2.37. The molecule has 0 amide bonds. The molecule has 0 aliphatic carbocycles. The van der Waals surface area contributed by atoms with Crippen molar-refractivity contribution >= 4 is 11.8 Å². The van der Waals surface area contributed by atoms with Crippen LogP contribution >= 0.6 is 11.8 Å². The Bertz CT molecular complexity index is 233. The molecule has 0 saturated carbocycles. The molecule has 2 fully saturated rings. The van der Waals surface area contributed by atoms with Crippen molar-refractivity contribution < 1.29 is 4.74 Å². The molecule has 2 aliphatic heterocycles. The standard InChI is InChI=1S/C14H27NOS/c1-11(2)12(3)15-13-4-7-16-14(10-13)5-8-17-9-6-14/h11-13,15H,4-10H2,1-3H3. The molecular formula is C14H27NOS. The summed E-state index contributed by atoms with van der Waals surface area (Å²) in [5.74, 6) is 3.29. The maximum atomic E-state index is 6.13. The summed E-state index contributed by atoms with van der Waals surface area (Å²) in [6.45, 7) is 7.85. The fourth-order valence-corrected chi connectivity index (χ4v) is 4.06. The molecule has 17 heavy (non-hydrogen) atoms. The largest absolute Gasteiger partial charge is 0.375 e. The monoisotopic (exact) mass is 257 g/mol. The van der Waals surface area contributed by atoms with Crippen LogP contribution in [0.2, 0.25) is 0 Å². The minimum Gasteiger partial charge on any atom is -0.375 e. The molecule has 0 bridgehead atoms. The Labute approximate surface area is 110 Å². The zero-order chi connectivity index (χ0) is 12.3. The summed E-state index contributed by atoms with van der Waals surface area (Å²) < 4.78 is 6.13. The Balaban J connectivity index is 1.88. The SMILES string of the molecule is CC(C)C(C)NC1CCOC2(CCSCC2)C1. The van der Waals surface area contributed by atoms with Crippen molar-refractivity contribution in [3.05, 3.63) is 0 Å². The highest BCUT2D eigenvalue weighted by atomic mass is 32.2. The summed E-state index contributed by atoms with van der Waals surface area (Å²) in [5, 5.41) is 3.80. The Hall–Kier alpha value is 0.270. The fourth-order valence-electron chi connectivity index (χ4n) is 2.83. The van der Waals surface area contributed by atoms with Crippen molar-refractivity contribution in [2.24, 2.45) is 5.92 Å². The van der Waals surface area contributed by atoms with Gasteiger partial charge in [-0.3, -0.25) is 0 Å². The summed E-state index contributed by atoms with van der Waals surface area (Å²) in [5.41, 5.74) is 0.220. The molecule has 0 aromatic carbocycles. The molecule has 2 aliphatic rings. The predicted octanol–water partition coefficient (Wildman–Crippen LogP) is 3.07. The van der Waals surface area contributed by atoms with Gasteiger partial charge in [0.15, 0.2) is 0 Å². The summed E-state index contributed by atoms with van der Waals surface area (Å²) >= 11 is 2.08. The lowest BCUT2D eigenvalue weighted by Crippen LogP contribution is -2.51. The summed E-state index contributed by atoms with van der Waals surface area (Å²) in [6.07, 6.45) is 4.92. The summed E-state index contributed by atoms with van der Waals surface area (Å²) in [6, 6.07) is 1.29. The van der Waals surface area contributed by atoms with Gasteiger partial charge in [-0.2, -0.15) is 11.8 Å². The Kier molecular flexibility index (Phi) is 4.79. The molecule has 2 unspecified atom stereocenters. The number of nitrogens with one attached hydrogen (secondary N) is 1. The molecule has 2 rings (SSSR count). The number of hydrogen-bond donors (Lipinski definition) is 1. The second-order valence-corrected chi connectivity index (χ2v) is 7.26. The van der Waals surface area contributed by atoms with E-state index >= 15 is 0 Å². The molecule has 2 heterocycles. The molecule has 100 valence electrons. The average Bonchev–Trinajstić information content (AvgIpc) is 2.30. The third-order valence-electron chi connectivity index (χ3n) is 4.40. The van der Waals surface area contributed by atoms with E-state index in [-0.39, 0.29) is 5.60 Å². The van der Waals surface area contributed by atoms with Crippen molar-refractivity contribution in [1.82, 2.24) is 5.32 Å². The van der Waals surface area contributed by atoms with E-state index in [4.69, 9.17) is 4.74 Å². The van der Waals surface area contributed by atoms with Gasteiger partial charge in [0.1, 0.15) is 0 Å². The van der Waals surface area contributed by atoms with Crippen LogP contribution in [-0.4, -0.2) is 35.8 Å². The molecular weight excluding hydrogens is 230 g/mol. The van der Waals surface area contributed by atoms with Crippen molar-refractivity contribution in [2.45, 2.75) is 64.1 Å². The minimum atomic E-state index is 0.220. The van der Waals surface area contributed by atoms with Crippen LogP contribution in [0.1, 0.15) is 46.5 Å². The predicted molar refractivity (Wildman–Crippen MR) is 75.7 cm³/mol. The van der Waals surface area contributed by atoms with Gasteiger partial charge >= 0.3 is 0 Å². The van der Waals surface area contributed by atoms with Gasteiger partial charge in [-0.05, 0) is 50.0 Å². The van der Waals surface area contributed by atoms with Crippen molar-refractivity contribution in [2.75, 3.05) is 18.1 Å². The highest BCUT2D eigenvalue weighted by Gasteiger charge is 2.38. The number of thioether (sulfide) groups is 1. The molecule has 1 spiro atoms. The number of ether oxygens (including phenoxy) is 1. The molecule has 2 nitrogen and oxygen atoms in total. The van der Waals surface area contributed by atoms with Crippen LogP contribution in [0.3, 0.4) is 0 Å². The molecule has 0 radical (unpaired) electrons. The fraction of sp³-hybridized carbons (Fsp3) is 1.00. The van der Waals surface area contributed by atoms with Gasteiger partial charge in [0.2, 0.25) is 0 Å². The Morgan fingerprint density at radius 2 is 1.94 bits per heavy atom. The van der Waals surface area contributed by atoms with Crippen LogP contribution < -0.4 is 5.32 Å². The maximum Gasteiger partial charge on any atom is 0.0713 e. The highest BCUT2D eigenvalue weighted by molar-refractivity contribution is 7.99. The summed E-state index contributed by atoms with van der Waals surface area (Å²) in [4.78, 5) is 0. The normalized spacial score (nSPS) is 30.7. The van der Waals surface area contributed by atoms with E-state index in [1.807, 2.05) is 0 Å². The molecule has 2 saturated heterocycles. The van der Waals surface area contributed by atoms with Gasteiger partial charge in [0.25, 0.3) is 0 Å². The lowest BCUT2D eigenvalue weighted by molar-refractivity contribution is -0.0944. The van der Waals surface area contributed by atoms with Gasteiger partial charge in [-0.15, -0.1) is 0 Å². The second-order valence-electron chi connectivity index (χ2n) is 6.03. The van der Waals surface area contributed by atoms with E-state index in [2.05, 4.69) is 37.8 Å². The van der Waals surface area contributed by atoms with Crippen LogP contribution in [-0.2, 0) is 4.74 Å². The van der Waals surface area contributed by atoms with Crippen LogP contribution in [0.25, 0.3) is 0 Å². The molecule has 0 aromatic heterocycles. The van der Waals surface area contributed by atoms with E-state index in [1.165, 1.54) is 37.2 Å². The van der Waals surface area contributed by atoms with Gasteiger partial charge in [-0.1, -0.05) is 13.8 Å². The molecule has 0 aromatic rings. The Morgan fingerprint density at radius 3 is 2.59 bits per heavy atom. The van der Waals surface area contributed by atoms with Crippen LogP contribution in [0.5, 0.6) is 0 Å². The molecule has 2 atom stereocenters. The van der Waals surface area contributed by atoms with Crippen molar-refractivity contribution in [3.8, 4) is 0 Å². The second kappa shape index (κ2) is 5.94. The number of hydrogen-bond acceptors (Lipinski definition) is 3. The third-order valence-corrected chi connectivity index (χ3v) is 5.38. The first-order valence-electron chi connectivity index (χ1n) is 7.09. The smallest absolute Gasteiger partial charge is 0.0713 e. The van der Waals surface area contributed by atoms with Crippen LogP contribution in [0.4, 0.5) is 0 Å². The Morgan fingerprint density at radius 1 is 1.24 bits per heavy atom. The van der Waals surface area contributed by atoms with Gasteiger partial charge in [0, 0.05) is 18.7 Å². The van der Waals surface area contributed by atoms with E-state index < -0.39 is 0 Å². The van der Waals surface area contributed by atoms with Crippen LogP contribution in [0.15, 0.2) is 0 Å². The lowest BCUT2D eigenvalue weighted by atomic mass is 9.85. The molecule has 3 heteroatoms. The molecule has 1 N–H and O–H groups in total. The van der Waals surface area contributed by atoms with Crippen molar-refractivity contribution in [1.29, 1.82) is 0 Å². The average molecular weight is 257 g/mol. The topological polar surface area (TPSA) is 21.3 Å². The van der Waals surface area contributed by atoms with Gasteiger partial charge in [0.05, 0.1) is 5.60 Å². The first-order chi connectivity index (χ1) is 8.11. The van der Waals surface area contributed by atoms with Gasteiger partial charge < -0.3 is 10.1 Å². The minimum absolute atomic E-state index is 0.220. The summed E-state index contributed by atoms with van der Waals surface area (Å²) in [7, 11) is 0. The third kappa shape index (κ3) is 3.62. The quantitative estimate of drug-likeness (QED) is 0.839. The first-order valence-corrected chi connectivity index (χ1v) is 8.24.